The fourth-order valence-electron chi connectivity index (χ4n) is 1.66. The Balaban J connectivity index is 2.20. The molecule has 0 saturated heterocycles. The van der Waals surface area contributed by atoms with Crippen LogP contribution in [0.1, 0.15) is 17.1 Å². The average Bonchev–Trinajstić information content (AvgIpc) is 2.86. The fraction of sp³-hybridized carbons (Fsp3) is 0.300. The summed E-state index contributed by atoms with van der Waals surface area (Å²) in [5.74, 6) is 0. The Morgan fingerprint density at radius 3 is 2.71 bits per heavy atom. The molecule has 0 bridgehead atoms. The molecule has 0 aliphatic heterocycles. The Bertz CT molecular complexity index is 579. The highest BCUT2D eigenvalue weighted by Crippen LogP contribution is 2.16. The van der Waals surface area contributed by atoms with Crippen molar-refractivity contribution < 1.29 is 8.42 Å². The maximum atomic E-state index is 12.0. The second-order valence-electron chi connectivity index (χ2n) is 3.78. The second-order valence-corrected chi connectivity index (χ2v) is 5.49. The van der Waals surface area contributed by atoms with Crippen molar-refractivity contribution in [3.8, 4) is 0 Å². The number of hydrogen-bond donors (Lipinski definition) is 3. The van der Waals surface area contributed by atoms with Crippen molar-refractivity contribution in [2.24, 2.45) is 0 Å². The summed E-state index contributed by atoms with van der Waals surface area (Å²) in [7, 11) is -3.52. The number of nitrogens with zero attached hydrogens (tertiary/aromatic N) is 1. The van der Waals surface area contributed by atoms with Gasteiger partial charge in [-0.25, -0.2) is 13.1 Å². The van der Waals surface area contributed by atoms with Crippen molar-refractivity contribution >= 4 is 10.0 Å². The van der Waals surface area contributed by atoms with E-state index in [4.69, 9.17) is 0 Å². The van der Waals surface area contributed by atoms with Gasteiger partial charge in [0.25, 0.3) is 0 Å². The first-order valence-electron chi connectivity index (χ1n) is 5.14. The highest BCUT2D eigenvalue weighted by atomic mass is 32.2. The topological polar surface area (TPSA) is 90.6 Å². The van der Waals surface area contributed by atoms with Crippen molar-refractivity contribution in [3.63, 3.8) is 0 Å². The van der Waals surface area contributed by atoms with E-state index < -0.39 is 10.0 Å². The SMILES string of the molecule is Cc1n[nH]c(C)c1S(=O)(=O)NCc1ccc[nH]1. The number of aromatic nitrogens is 3. The molecule has 92 valence electrons. The van der Waals surface area contributed by atoms with Gasteiger partial charge in [-0.3, -0.25) is 5.10 Å². The minimum atomic E-state index is -3.52. The summed E-state index contributed by atoms with van der Waals surface area (Å²) in [5, 5.41) is 6.53. The standard InChI is InChI=1S/C10H14N4O2S/c1-7-10(8(2)14-13-7)17(15,16)12-6-9-4-3-5-11-9/h3-5,11-12H,6H2,1-2H3,(H,13,14). The van der Waals surface area contributed by atoms with Crippen molar-refractivity contribution in [1.82, 2.24) is 19.9 Å². The van der Waals surface area contributed by atoms with Crippen LogP contribution in [-0.2, 0) is 16.6 Å². The number of sulfonamides is 1. The molecule has 0 aliphatic rings. The molecule has 0 fully saturated rings. The number of aromatic amines is 2. The van der Waals surface area contributed by atoms with E-state index in [1.165, 1.54) is 0 Å². The Labute approximate surface area is 99.5 Å². The normalized spacial score (nSPS) is 11.9. The molecule has 2 aromatic heterocycles. The van der Waals surface area contributed by atoms with Gasteiger partial charge < -0.3 is 4.98 Å². The summed E-state index contributed by atoms with van der Waals surface area (Å²) in [6.07, 6.45) is 1.75. The summed E-state index contributed by atoms with van der Waals surface area (Å²) in [5.41, 5.74) is 1.83. The lowest BCUT2D eigenvalue weighted by atomic mass is 10.4. The predicted octanol–water partition coefficient (Wildman–Crippen LogP) is 0.833. The summed E-state index contributed by atoms with van der Waals surface area (Å²) in [6, 6.07) is 3.63. The number of rotatable bonds is 4. The minimum absolute atomic E-state index is 0.226. The molecular formula is C10H14N4O2S. The van der Waals surface area contributed by atoms with Gasteiger partial charge in [0.05, 0.1) is 17.9 Å². The van der Waals surface area contributed by atoms with Crippen molar-refractivity contribution in [2.45, 2.75) is 25.3 Å². The fourth-order valence-corrected chi connectivity index (χ4v) is 3.03. The van der Waals surface area contributed by atoms with Gasteiger partial charge in [0, 0.05) is 11.9 Å². The lowest BCUT2D eigenvalue weighted by molar-refractivity contribution is 0.579. The molecule has 2 rings (SSSR count). The second kappa shape index (κ2) is 4.34. The van der Waals surface area contributed by atoms with Crippen LogP contribution in [0.5, 0.6) is 0 Å². The predicted molar refractivity (Wildman–Crippen MR) is 62.9 cm³/mol. The first-order chi connectivity index (χ1) is 8.00. The maximum absolute atomic E-state index is 12.0. The zero-order valence-electron chi connectivity index (χ0n) is 9.61. The number of hydrogen-bond acceptors (Lipinski definition) is 3. The van der Waals surface area contributed by atoms with Crippen LogP contribution in [0.4, 0.5) is 0 Å². The number of nitrogens with one attached hydrogen (secondary N) is 3. The lowest BCUT2D eigenvalue weighted by Crippen LogP contribution is -2.24. The smallest absolute Gasteiger partial charge is 0.244 e. The van der Waals surface area contributed by atoms with Gasteiger partial charge in [0.15, 0.2) is 0 Å². The molecule has 7 heteroatoms. The van der Waals surface area contributed by atoms with Crippen LogP contribution in [0.2, 0.25) is 0 Å². The van der Waals surface area contributed by atoms with Crippen molar-refractivity contribution in [3.05, 3.63) is 35.4 Å². The monoisotopic (exact) mass is 254 g/mol. The van der Waals surface area contributed by atoms with Gasteiger partial charge in [-0.1, -0.05) is 0 Å². The number of aryl methyl sites for hydroxylation is 2. The van der Waals surface area contributed by atoms with E-state index in [-0.39, 0.29) is 11.4 Å². The molecule has 0 saturated carbocycles. The molecule has 6 nitrogen and oxygen atoms in total. The van der Waals surface area contributed by atoms with Crippen molar-refractivity contribution in [1.29, 1.82) is 0 Å². The Kier molecular flexibility index (Phi) is 3.03. The Morgan fingerprint density at radius 1 is 1.41 bits per heavy atom. The molecule has 17 heavy (non-hydrogen) atoms. The van der Waals surface area contributed by atoms with E-state index in [9.17, 15) is 8.42 Å². The third kappa shape index (κ3) is 2.40. The van der Waals surface area contributed by atoms with E-state index >= 15 is 0 Å². The molecule has 0 atom stereocenters. The molecule has 0 radical (unpaired) electrons. The number of H-pyrrole nitrogens is 2. The van der Waals surface area contributed by atoms with E-state index in [1.54, 1.807) is 20.0 Å². The Morgan fingerprint density at radius 2 is 2.18 bits per heavy atom. The van der Waals surface area contributed by atoms with Gasteiger partial charge in [-0.2, -0.15) is 5.10 Å². The third-order valence-corrected chi connectivity index (χ3v) is 4.11. The van der Waals surface area contributed by atoms with E-state index in [2.05, 4.69) is 19.9 Å². The first kappa shape index (κ1) is 11.9. The van der Waals surface area contributed by atoms with E-state index in [0.29, 0.717) is 11.4 Å². The molecule has 3 N–H and O–H groups in total. The summed E-state index contributed by atoms with van der Waals surface area (Å²) >= 11 is 0. The third-order valence-electron chi connectivity index (χ3n) is 2.44. The van der Waals surface area contributed by atoms with E-state index in [0.717, 1.165) is 5.69 Å². The summed E-state index contributed by atoms with van der Waals surface area (Å²) < 4.78 is 26.6. The first-order valence-corrected chi connectivity index (χ1v) is 6.62. The minimum Gasteiger partial charge on any atom is -0.364 e. The summed E-state index contributed by atoms with van der Waals surface area (Å²) in [4.78, 5) is 3.16. The average molecular weight is 254 g/mol. The molecule has 0 aromatic carbocycles. The Hall–Kier alpha value is -1.60. The van der Waals surface area contributed by atoms with Crippen LogP contribution in [0.15, 0.2) is 23.2 Å². The quantitative estimate of drug-likeness (QED) is 0.755. The van der Waals surface area contributed by atoms with Crippen molar-refractivity contribution in [2.75, 3.05) is 0 Å². The molecule has 0 spiro atoms. The molecular weight excluding hydrogens is 240 g/mol. The van der Waals surface area contributed by atoms with Gasteiger partial charge in [0.2, 0.25) is 10.0 Å². The van der Waals surface area contributed by atoms with E-state index in [1.807, 2.05) is 12.1 Å². The molecule has 2 aromatic rings. The largest absolute Gasteiger partial charge is 0.364 e. The molecule has 0 amide bonds. The molecule has 0 unspecified atom stereocenters. The highest BCUT2D eigenvalue weighted by molar-refractivity contribution is 7.89. The molecule has 2 heterocycles. The van der Waals surface area contributed by atoms with Crippen LogP contribution >= 0.6 is 0 Å². The van der Waals surface area contributed by atoms with Crippen LogP contribution in [-0.4, -0.2) is 23.6 Å². The maximum Gasteiger partial charge on any atom is 0.244 e. The van der Waals surface area contributed by atoms with Crippen LogP contribution < -0.4 is 4.72 Å². The molecule has 0 aliphatic carbocycles. The highest BCUT2D eigenvalue weighted by Gasteiger charge is 2.21. The van der Waals surface area contributed by atoms with Gasteiger partial charge >= 0.3 is 0 Å². The lowest BCUT2D eigenvalue weighted by Gasteiger charge is -2.05. The zero-order valence-corrected chi connectivity index (χ0v) is 10.4. The van der Waals surface area contributed by atoms with Gasteiger partial charge in [-0.15, -0.1) is 0 Å². The van der Waals surface area contributed by atoms with Gasteiger partial charge in [-0.05, 0) is 26.0 Å². The van der Waals surface area contributed by atoms with Gasteiger partial charge in [0.1, 0.15) is 4.90 Å². The van der Waals surface area contributed by atoms with Crippen LogP contribution in [0.25, 0.3) is 0 Å². The zero-order chi connectivity index (χ0) is 12.5. The van der Waals surface area contributed by atoms with Crippen LogP contribution in [0.3, 0.4) is 0 Å². The summed E-state index contributed by atoms with van der Waals surface area (Å²) in [6.45, 7) is 3.58. The van der Waals surface area contributed by atoms with Crippen LogP contribution in [0, 0.1) is 13.8 Å².